The van der Waals surface area contributed by atoms with Crippen LogP contribution in [0.5, 0.6) is 0 Å². The van der Waals surface area contributed by atoms with Crippen LogP contribution in [0.1, 0.15) is 24.8 Å². The van der Waals surface area contributed by atoms with Crippen molar-refractivity contribution in [1.82, 2.24) is 14.9 Å². The largest absolute Gasteiger partial charge is 0.354 e. The fourth-order valence-corrected chi connectivity index (χ4v) is 2.24. The van der Waals surface area contributed by atoms with E-state index in [4.69, 9.17) is 0 Å². The molecule has 0 aliphatic heterocycles. The lowest BCUT2D eigenvalue weighted by atomic mass is 9.96. The predicted octanol–water partition coefficient (Wildman–Crippen LogP) is 1.55. The van der Waals surface area contributed by atoms with Gasteiger partial charge in [-0.05, 0) is 18.1 Å². The van der Waals surface area contributed by atoms with Crippen molar-refractivity contribution in [3.8, 4) is 0 Å². The summed E-state index contributed by atoms with van der Waals surface area (Å²) in [6.07, 6.45) is 3.86. The van der Waals surface area contributed by atoms with E-state index in [1.54, 1.807) is 12.3 Å². The van der Waals surface area contributed by atoms with Gasteiger partial charge in [0, 0.05) is 25.5 Å². The molecule has 0 saturated heterocycles. The van der Waals surface area contributed by atoms with E-state index >= 15 is 0 Å². The maximum atomic E-state index is 12.2. The Morgan fingerprint density at radius 3 is 2.71 bits per heavy atom. The van der Waals surface area contributed by atoms with Gasteiger partial charge < -0.3 is 5.32 Å². The molecule has 1 N–H and O–H groups in total. The van der Waals surface area contributed by atoms with Crippen LogP contribution in [0.4, 0.5) is 0 Å². The number of nitrogens with one attached hydrogen (secondary N) is 1. The second-order valence-corrected chi connectivity index (χ2v) is 4.76. The minimum absolute atomic E-state index is 0.0133. The third-order valence-corrected chi connectivity index (χ3v) is 3.36. The Bertz CT molecular complexity index is 637. The van der Waals surface area contributed by atoms with Crippen molar-refractivity contribution in [2.75, 3.05) is 6.54 Å². The minimum Gasteiger partial charge on any atom is -0.354 e. The van der Waals surface area contributed by atoms with Gasteiger partial charge in [-0.3, -0.25) is 9.36 Å². The van der Waals surface area contributed by atoms with Gasteiger partial charge in [0.2, 0.25) is 5.91 Å². The van der Waals surface area contributed by atoms with E-state index in [0.717, 1.165) is 12.0 Å². The standard InChI is InChI=1S/C16H19N3O2/c1-2-14(13-7-4-3-5-8-13)15(20)17-10-12-19-11-6-9-18-16(19)21/h3-9,11,14H,2,10,12H2,1H3,(H,17,20). The van der Waals surface area contributed by atoms with Crippen LogP contribution in [0.3, 0.4) is 0 Å². The summed E-state index contributed by atoms with van der Waals surface area (Å²) in [5.41, 5.74) is 0.706. The number of carbonyl (C=O) groups excluding carboxylic acids is 1. The van der Waals surface area contributed by atoms with Crippen LogP contribution in [-0.2, 0) is 11.3 Å². The maximum absolute atomic E-state index is 12.2. The SMILES string of the molecule is CCC(C(=O)NCCn1cccnc1=O)c1ccccc1. The Kier molecular flexibility index (Phi) is 5.26. The number of benzene rings is 1. The van der Waals surface area contributed by atoms with Crippen LogP contribution in [-0.4, -0.2) is 22.0 Å². The lowest BCUT2D eigenvalue weighted by molar-refractivity contribution is -0.122. The Balaban J connectivity index is 1.92. The van der Waals surface area contributed by atoms with Crippen LogP contribution in [0, 0.1) is 0 Å². The first-order chi connectivity index (χ1) is 10.2. The molecule has 0 aliphatic rings. The average molecular weight is 285 g/mol. The molecule has 21 heavy (non-hydrogen) atoms. The number of rotatable bonds is 6. The van der Waals surface area contributed by atoms with Crippen LogP contribution in [0.15, 0.2) is 53.6 Å². The Morgan fingerprint density at radius 2 is 2.05 bits per heavy atom. The first-order valence-electron chi connectivity index (χ1n) is 7.06. The van der Waals surface area contributed by atoms with E-state index in [-0.39, 0.29) is 17.5 Å². The van der Waals surface area contributed by atoms with Gasteiger partial charge in [-0.15, -0.1) is 0 Å². The van der Waals surface area contributed by atoms with Gasteiger partial charge in [-0.1, -0.05) is 37.3 Å². The van der Waals surface area contributed by atoms with E-state index in [1.165, 1.54) is 10.8 Å². The maximum Gasteiger partial charge on any atom is 0.347 e. The zero-order chi connectivity index (χ0) is 15.1. The van der Waals surface area contributed by atoms with Crippen LogP contribution < -0.4 is 11.0 Å². The molecule has 1 atom stereocenters. The molecule has 1 aromatic heterocycles. The molecule has 0 radical (unpaired) electrons. The summed E-state index contributed by atoms with van der Waals surface area (Å²) < 4.78 is 1.48. The highest BCUT2D eigenvalue weighted by atomic mass is 16.2. The first kappa shape index (κ1) is 15.0. The van der Waals surface area contributed by atoms with Crippen molar-refractivity contribution < 1.29 is 4.79 Å². The molecular formula is C16H19N3O2. The number of carbonyl (C=O) groups is 1. The molecule has 1 amide bonds. The molecule has 2 aromatic rings. The van der Waals surface area contributed by atoms with Crippen LogP contribution in [0.2, 0.25) is 0 Å². The fraction of sp³-hybridized carbons (Fsp3) is 0.312. The lowest BCUT2D eigenvalue weighted by Crippen LogP contribution is -2.34. The molecule has 0 fully saturated rings. The Labute approximate surface area is 123 Å². The Morgan fingerprint density at radius 1 is 1.29 bits per heavy atom. The first-order valence-corrected chi connectivity index (χ1v) is 7.06. The van der Waals surface area contributed by atoms with Crippen molar-refractivity contribution in [1.29, 1.82) is 0 Å². The van der Waals surface area contributed by atoms with E-state index in [0.29, 0.717) is 13.1 Å². The zero-order valence-electron chi connectivity index (χ0n) is 12.0. The summed E-state index contributed by atoms with van der Waals surface area (Å²) in [6.45, 7) is 2.82. The van der Waals surface area contributed by atoms with Crippen molar-refractivity contribution in [2.24, 2.45) is 0 Å². The molecule has 5 nitrogen and oxygen atoms in total. The summed E-state index contributed by atoms with van der Waals surface area (Å²) >= 11 is 0. The smallest absolute Gasteiger partial charge is 0.347 e. The van der Waals surface area contributed by atoms with Crippen LogP contribution in [0.25, 0.3) is 0 Å². The second kappa shape index (κ2) is 7.38. The van der Waals surface area contributed by atoms with Gasteiger partial charge in [0.1, 0.15) is 0 Å². The number of aromatic nitrogens is 2. The van der Waals surface area contributed by atoms with E-state index in [1.807, 2.05) is 37.3 Å². The summed E-state index contributed by atoms with van der Waals surface area (Å²) in [5.74, 6) is -0.169. The minimum atomic E-state index is -0.304. The molecule has 5 heteroatoms. The fourth-order valence-electron chi connectivity index (χ4n) is 2.24. The molecule has 1 unspecified atom stereocenters. The summed E-state index contributed by atoms with van der Waals surface area (Å²) in [5, 5.41) is 2.88. The molecule has 1 aromatic carbocycles. The van der Waals surface area contributed by atoms with Gasteiger partial charge in [0.05, 0.1) is 5.92 Å². The third kappa shape index (κ3) is 4.02. The summed E-state index contributed by atoms with van der Waals surface area (Å²) in [6, 6.07) is 11.4. The molecule has 1 heterocycles. The number of nitrogens with zero attached hydrogens (tertiary/aromatic N) is 2. The summed E-state index contributed by atoms with van der Waals surface area (Å²) in [4.78, 5) is 27.4. The highest BCUT2D eigenvalue weighted by Crippen LogP contribution is 2.18. The highest BCUT2D eigenvalue weighted by Gasteiger charge is 2.17. The topological polar surface area (TPSA) is 64.0 Å². The monoisotopic (exact) mass is 285 g/mol. The normalized spacial score (nSPS) is 11.9. The lowest BCUT2D eigenvalue weighted by Gasteiger charge is -2.15. The van der Waals surface area contributed by atoms with Gasteiger partial charge in [0.15, 0.2) is 0 Å². The number of hydrogen-bond acceptors (Lipinski definition) is 3. The second-order valence-electron chi connectivity index (χ2n) is 4.76. The molecule has 110 valence electrons. The molecule has 0 aliphatic carbocycles. The number of hydrogen-bond donors (Lipinski definition) is 1. The molecule has 0 saturated carbocycles. The van der Waals surface area contributed by atoms with Gasteiger partial charge in [-0.2, -0.15) is 0 Å². The van der Waals surface area contributed by atoms with Gasteiger partial charge in [-0.25, -0.2) is 9.78 Å². The third-order valence-electron chi connectivity index (χ3n) is 3.36. The van der Waals surface area contributed by atoms with E-state index < -0.39 is 0 Å². The van der Waals surface area contributed by atoms with Crippen molar-refractivity contribution in [3.63, 3.8) is 0 Å². The van der Waals surface area contributed by atoms with Crippen molar-refractivity contribution in [2.45, 2.75) is 25.8 Å². The van der Waals surface area contributed by atoms with E-state index in [2.05, 4.69) is 10.3 Å². The molecule has 2 rings (SSSR count). The van der Waals surface area contributed by atoms with Crippen molar-refractivity contribution in [3.05, 3.63) is 64.8 Å². The molecule has 0 bridgehead atoms. The van der Waals surface area contributed by atoms with Gasteiger partial charge in [0.25, 0.3) is 0 Å². The zero-order valence-corrected chi connectivity index (χ0v) is 12.0. The van der Waals surface area contributed by atoms with E-state index in [9.17, 15) is 9.59 Å². The van der Waals surface area contributed by atoms with Crippen LogP contribution >= 0.6 is 0 Å². The average Bonchev–Trinajstić information content (AvgIpc) is 2.51. The quantitative estimate of drug-likeness (QED) is 0.876. The highest BCUT2D eigenvalue weighted by molar-refractivity contribution is 5.83. The number of amides is 1. The predicted molar refractivity (Wildman–Crippen MR) is 81.0 cm³/mol. The molecule has 0 spiro atoms. The van der Waals surface area contributed by atoms with Crippen molar-refractivity contribution >= 4 is 5.91 Å². The Hall–Kier alpha value is -2.43. The van der Waals surface area contributed by atoms with Gasteiger partial charge >= 0.3 is 5.69 Å². The summed E-state index contributed by atoms with van der Waals surface area (Å²) in [7, 11) is 0. The molecular weight excluding hydrogens is 266 g/mol.